The van der Waals surface area contributed by atoms with Crippen molar-refractivity contribution in [3.63, 3.8) is 0 Å². The predicted molar refractivity (Wildman–Crippen MR) is 88.5 cm³/mol. The molecule has 1 aliphatic heterocycles. The lowest BCUT2D eigenvalue weighted by Gasteiger charge is -2.20. The Morgan fingerprint density at radius 2 is 2.13 bits per heavy atom. The Labute approximate surface area is 136 Å². The lowest BCUT2D eigenvalue weighted by Crippen LogP contribution is -2.24. The molecule has 0 N–H and O–H groups in total. The number of nitrogens with zero attached hydrogens (tertiary/aromatic N) is 4. The first kappa shape index (κ1) is 15.3. The average Bonchev–Trinajstić information content (AvgIpc) is 3.02. The summed E-state index contributed by atoms with van der Waals surface area (Å²) in [5.74, 6) is 2.11. The molecule has 0 aromatic carbocycles. The van der Waals surface area contributed by atoms with Crippen LogP contribution in [-0.4, -0.2) is 29.7 Å². The number of aromatic nitrogens is 2. The molecular formula is C18H20N4O. The summed E-state index contributed by atoms with van der Waals surface area (Å²) in [6.07, 6.45) is 4.51. The zero-order valence-corrected chi connectivity index (χ0v) is 13.5. The smallest absolute Gasteiger partial charge is 0.147 e. The number of pyridine rings is 2. The Balaban J connectivity index is 1.67. The van der Waals surface area contributed by atoms with Crippen LogP contribution in [0, 0.1) is 31.1 Å². The molecule has 0 bridgehead atoms. The van der Waals surface area contributed by atoms with Gasteiger partial charge >= 0.3 is 0 Å². The van der Waals surface area contributed by atoms with Gasteiger partial charge in [-0.05, 0) is 44.0 Å². The van der Waals surface area contributed by atoms with E-state index in [1.807, 2.05) is 32.0 Å². The molecule has 118 valence electrons. The summed E-state index contributed by atoms with van der Waals surface area (Å²) < 4.78 is 5.83. The lowest BCUT2D eigenvalue weighted by molar-refractivity contribution is 0.261. The summed E-state index contributed by atoms with van der Waals surface area (Å²) in [7, 11) is 0. The van der Waals surface area contributed by atoms with E-state index in [9.17, 15) is 5.26 Å². The van der Waals surface area contributed by atoms with Crippen LogP contribution in [0.4, 0.5) is 5.82 Å². The van der Waals surface area contributed by atoms with Gasteiger partial charge in [-0.3, -0.25) is 4.98 Å². The molecule has 0 aliphatic carbocycles. The fraction of sp³-hybridized carbons (Fsp3) is 0.389. The molecule has 1 saturated heterocycles. The molecule has 3 heterocycles. The lowest BCUT2D eigenvalue weighted by atomic mass is 10.1. The van der Waals surface area contributed by atoms with Crippen LogP contribution in [0.25, 0.3) is 0 Å². The second-order valence-electron chi connectivity index (χ2n) is 5.99. The maximum Gasteiger partial charge on any atom is 0.147 e. The molecule has 0 spiro atoms. The van der Waals surface area contributed by atoms with Crippen LogP contribution in [0.15, 0.2) is 30.6 Å². The van der Waals surface area contributed by atoms with Crippen LogP contribution in [0.5, 0.6) is 5.75 Å². The van der Waals surface area contributed by atoms with Gasteiger partial charge < -0.3 is 9.64 Å². The van der Waals surface area contributed by atoms with Gasteiger partial charge in [-0.1, -0.05) is 0 Å². The monoisotopic (exact) mass is 308 g/mol. The fourth-order valence-corrected chi connectivity index (χ4v) is 2.99. The highest BCUT2D eigenvalue weighted by Crippen LogP contribution is 2.27. The van der Waals surface area contributed by atoms with Crippen molar-refractivity contribution in [2.45, 2.75) is 20.3 Å². The number of aryl methyl sites for hydroxylation is 2. The Morgan fingerprint density at radius 3 is 2.87 bits per heavy atom. The zero-order chi connectivity index (χ0) is 16.2. The van der Waals surface area contributed by atoms with Crippen LogP contribution >= 0.6 is 0 Å². The van der Waals surface area contributed by atoms with E-state index in [-0.39, 0.29) is 0 Å². The fourth-order valence-electron chi connectivity index (χ4n) is 2.99. The second kappa shape index (κ2) is 6.66. The molecule has 1 aliphatic rings. The minimum Gasteiger partial charge on any atom is -0.493 e. The highest BCUT2D eigenvalue weighted by molar-refractivity contribution is 5.58. The van der Waals surface area contributed by atoms with Crippen molar-refractivity contribution in [3.8, 4) is 11.8 Å². The van der Waals surface area contributed by atoms with E-state index < -0.39 is 0 Å². The third-order valence-electron chi connectivity index (χ3n) is 4.16. The standard InChI is InChI=1S/C18H20N4O/c1-13-9-14(2)21-18(17(13)10-19)22-8-5-15(11-22)12-23-16-3-6-20-7-4-16/h3-4,6-7,9,15H,5,8,11-12H2,1-2H3. The third kappa shape index (κ3) is 3.42. The van der Waals surface area contributed by atoms with E-state index in [4.69, 9.17) is 4.74 Å². The van der Waals surface area contributed by atoms with Crippen molar-refractivity contribution in [2.24, 2.45) is 5.92 Å². The maximum atomic E-state index is 9.42. The van der Waals surface area contributed by atoms with Crippen molar-refractivity contribution < 1.29 is 4.74 Å². The first-order chi connectivity index (χ1) is 11.2. The number of nitriles is 1. The predicted octanol–water partition coefficient (Wildman–Crippen LogP) is 2.87. The van der Waals surface area contributed by atoms with Gasteiger partial charge in [0.25, 0.3) is 0 Å². The Hall–Kier alpha value is -2.61. The average molecular weight is 308 g/mol. The number of hydrogen-bond donors (Lipinski definition) is 0. The van der Waals surface area contributed by atoms with Gasteiger partial charge in [0.15, 0.2) is 0 Å². The molecular weight excluding hydrogens is 288 g/mol. The summed E-state index contributed by atoms with van der Waals surface area (Å²) in [6.45, 7) is 6.40. The molecule has 2 aromatic rings. The van der Waals surface area contributed by atoms with Crippen molar-refractivity contribution in [1.29, 1.82) is 5.26 Å². The van der Waals surface area contributed by atoms with Gasteiger partial charge in [0.05, 0.1) is 12.2 Å². The van der Waals surface area contributed by atoms with E-state index >= 15 is 0 Å². The second-order valence-corrected chi connectivity index (χ2v) is 5.99. The Morgan fingerprint density at radius 1 is 1.35 bits per heavy atom. The summed E-state index contributed by atoms with van der Waals surface area (Å²) in [5, 5.41) is 9.42. The molecule has 0 radical (unpaired) electrons. The molecule has 1 unspecified atom stereocenters. The van der Waals surface area contributed by atoms with Gasteiger partial charge in [-0.25, -0.2) is 4.98 Å². The molecule has 1 fully saturated rings. The number of rotatable bonds is 4. The SMILES string of the molecule is Cc1cc(C)c(C#N)c(N2CCC(COc3ccncc3)C2)n1. The molecule has 0 saturated carbocycles. The van der Waals surface area contributed by atoms with E-state index in [1.54, 1.807) is 12.4 Å². The molecule has 5 nitrogen and oxygen atoms in total. The van der Waals surface area contributed by atoms with Crippen LogP contribution in [-0.2, 0) is 0 Å². The third-order valence-corrected chi connectivity index (χ3v) is 4.16. The number of hydrogen-bond acceptors (Lipinski definition) is 5. The number of ether oxygens (including phenoxy) is 1. The summed E-state index contributed by atoms with van der Waals surface area (Å²) in [5.41, 5.74) is 2.63. The quantitative estimate of drug-likeness (QED) is 0.869. The topological polar surface area (TPSA) is 62.0 Å². The molecule has 3 rings (SSSR count). The van der Waals surface area contributed by atoms with Gasteiger partial charge in [-0.15, -0.1) is 0 Å². The largest absolute Gasteiger partial charge is 0.493 e. The highest BCUT2D eigenvalue weighted by Gasteiger charge is 2.26. The normalized spacial score (nSPS) is 17.1. The van der Waals surface area contributed by atoms with Gasteiger partial charge in [0, 0.05) is 37.1 Å². The minimum atomic E-state index is 0.442. The minimum absolute atomic E-state index is 0.442. The zero-order valence-electron chi connectivity index (χ0n) is 13.5. The van der Waals surface area contributed by atoms with Gasteiger partial charge in [0.1, 0.15) is 17.6 Å². The van der Waals surface area contributed by atoms with Crippen molar-refractivity contribution in [1.82, 2.24) is 9.97 Å². The van der Waals surface area contributed by atoms with Crippen molar-refractivity contribution in [2.75, 3.05) is 24.6 Å². The van der Waals surface area contributed by atoms with Crippen LogP contribution in [0.3, 0.4) is 0 Å². The maximum absolute atomic E-state index is 9.42. The molecule has 1 atom stereocenters. The van der Waals surface area contributed by atoms with Crippen molar-refractivity contribution >= 4 is 5.82 Å². The van der Waals surface area contributed by atoms with E-state index in [2.05, 4.69) is 20.9 Å². The Bertz CT molecular complexity index is 724. The number of anilines is 1. The van der Waals surface area contributed by atoms with E-state index in [0.717, 1.165) is 42.3 Å². The molecule has 5 heteroatoms. The molecule has 2 aromatic heterocycles. The summed E-state index contributed by atoms with van der Waals surface area (Å²) >= 11 is 0. The Kier molecular flexibility index (Phi) is 4.42. The summed E-state index contributed by atoms with van der Waals surface area (Å²) in [6, 6.07) is 7.99. The first-order valence-corrected chi connectivity index (χ1v) is 7.83. The van der Waals surface area contributed by atoms with Crippen LogP contribution < -0.4 is 9.64 Å². The highest BCUT2D eigenvalue weighted by atomic mass is 16.5. The van der Waals surface area contributed by atoms with Crippen LogP contribution in [0.1, 0.15) is 23.2 Å². The molecule has 0 amide bonds. The first-order valence-electron chi connectivity index (χ1n) is 7.83. The van der Waals surface area contributed by atoms with Gasteiger partial charge in [-0.2, -0.15) is 5.26 Å². The van der Waals surface area contributed by atoms with Crippen LogP contribution in [0.2, 0.25) is 0 Å². The van der Waals surface area contributed by atoms with Crippen molar-refractivity contribution in [3.05, 3.63) is 47.4 Å². The van der Waals surface area contributed by atoms with E-state index in [1.165, 1.54) is 0 Å². The molecule has 23 heavy (non-hydrogen) atoms. The van der Waals surface area contributed by atoms with E-state index in [0.29, 0.717) is 18.1 Å². The summed E-state index contributed by atoms with van der Waals surface area (Å²) in [4.78, 5) is 10.8. The van der Waals surface area contributed by atoms with Gasteiger partial charge in [0.2, 0.25) is 0 Å².